The van der Waals surface area contributed by atoms with E-state index in [-0.39, 0.29) is 17.4 Å². The van der Waals surface area contributed by atoms with Crippen LogP contribution in [-0.2, 0) is 0 Å². The number of ketones is 1. The van der Waals surface area contributed by atoms with Crippen molar-refractivity contribution in [3.63, 3.8) is 0 Å². The summed E-state index contributed by atoms with van der Waals surface area (Å²) in [6.45, 7) is 7.46. The van der Waals surface area contributed by atoms with Gasteiger partial charge in [0.2, 0.25) is 0 Å². The van der Waals surface area contributed by atoms with E-state index < -0.39 is 6.04 Å². The Morgan fingerprint density at radius 3 is 2.52 bits per heavy atom. The van der Waals surface area contributed by atoms with E-state index in [1.807, 2.05) is 39.0 Å². The van der Waals surface area contributed by atoms with Gasteiger partial charge in [0.1, 0.15) is 4.83 Å². The number of aryl methyl sites for hydroxylation is 1. The van der Waals surface area contributed by atoms with Gasteiger partial charge in [0.25, 0.3) is 5.56 Å². The largest absolute Gasteiger partial charge is 0.481 e. The summed E-state index contributed by atoms with van der Waals surface area (Å²) in [4.78, 5) is 30.6. The van der Waals surface area contributed by atoms with Crippen molar-refractivity contribution in [2.75, 3.05) is 0 Å². The number of Topliss-reactive ketones (excluding diaryl/α,β-unsaturated/α-hetero) is 1. The van der Waals surface area contributed by atoms with Gasteiger partial charge in [-0.05, 0) is 27.7 Å². The van der Waals surface area contributed by atoms with Crippen molar-refractivity contribution in [1.82, 2.24) is 9.55 Å². The second-order valence-electron chi connectivity index (χ2n) is 6.22. The maximum atomic E-state index is 12.9. The molecule has 25 heavy (non-hydrogen) atoms. The number of hydrogen-bond acceptors (Lipinski definition) is 5. The zero-order valence-corrected chi connectivity index (χ0v) is 15.5. The SMILES string of the molecule is Cc1c(OC(C)C)sc2ncn([C@@H](C)C(=O)c3ccccc3)c(=O)c12. The first kappa shape index (κ1) is 17.4. The van der Waals surface area contributed by atoms with Crippen LogP contribution in [0.5, 0.6) is 5.06 Å². The van der Waals surface area contributed by atoms with Crippen LogP contribution in [0.3, 0.4) is 0 Å². The fourth-order valence-electron chi connectivity index (χ4n) is 2.69. The normalized spacial score (nSPS) is 12.5. The molecule has 2 aromatic heterocycles. The van der Waals surface area contributed by atoms with Crippen molar-refractivity contribution < 1.29 is 9.53 Å². The van der Waals surface area contributed by atoms with Gasteiger partial charge >= 0.3 is 0 Å². The summed E-state index contributed by atoms with van der Waals surface area (Å²) in [5.74, 6) is -0.115. The molecule has 0 aliphatic rings. The van der Waals surface area contributed by atoms with Gasteiger partial charge in [-0.1, -0.05) is 41.7 Å². The second-order valence-corrected chi connectivity index (χ2v) is 7.19. The number of benzene rings is 1. The zero-order chi connectivity index (χ0) is 18.1. The summed E-state index contributed by atoms with van der Waals surface area (Å²) in [5, 5.41) is 1.23. The fourth-order valence-corrected chi connectivity index (χ4v) is 3.80. The predicted octanol–water partition coefficient (Wildman–Crippen LogP) is 4.00. The van der Waals surface area contributed by atoms with Crippen LogP contribution >= 0.6 is 11.3 Å². The van der Waals surface area contributed by atoms with Gasteiger partial charge in [-0.2, -0.15) is 0 Å². The lowest BCUT2D eigenvalue weighted by Crippen LogP contribution is -2.28. The lowest BCUT2D eigenvalue weighted by atomic mass is 10.1. The third kappa shape index (κ3) is 3.22. The molecular weight excluding hydrogens is 336 g/mol. The van der Waals surface area contributed by atoms with Gasteiger partial charge in [0.15, 0.2) is 10.8 Å². The van der Waals surface area contributed by atoms with Gasteiger partial charge < -0.3 is 4.74 Å². The van der Waals surface area contributed by atoms with Crippen molar-refractivity contribution >= 4 is 27.3 Å². The Hall–Kier alpha value is -2.47. The molecule has 0 spiro atoms. The number of carbonyl (C=O) groups is 1. The second kappa shape index (κ2) is 6.80. The van der Waals surface area contributed by atoms with Gasteiger partial charge in [-0.3, -0.25) is 14.2 Å². The van der Waals surface area contributed by atoms with E-state index in [2.05, 4.69) is 4.98 Å². The standard InChI is InChI=1S/C19H20N2O3S/c1-11(2)24-19-12(3)15-17(25-19)20-10-21(18(15)23)13(4)16(22)14-8-6-5-7-9-14/h5-11,13H,1-4H3/t13-/m0/s1. The molecule has 130 valence electrons. The van der Waals surface area contributed by atoms with Gasteiger partial charge in [0, 0.05) is 11.1 Å². The molecule has 0 radical (unpaired) electrons. The predicted molar refractivity (Wildman–Crippen MR) is 99.9 cm³/mol. The Kier molecular flexibility index (Phi) is 4.72. The van der Waals surface area contributed by atoms with Crippen molar-refractivity contribution in [3.05, 3.63) is 58.1 Å². The topological polar surface area (TPSA) is 61.2 Å². The molecule has 0 amide bonds. The number of ether oxygens (including phenoxy) is 1. The molecule has 2 heterocycles. The number of fused-ring (bicyclic) bond motifs is 1. The van der Waals surface area contributed by atoms with E-state index in [4.69, 9.17) is 4.74 Å². The molecule has 0 unspecified atom stereocenters. The van der Waals surface area contributed by atoms with Gasteiger partial charge in [-0.15, -0.1) is 0 Å². The van der Waals surface area contributed by atoms with Crippen molar-refractivity contribution in [1.29, 1.82) is 0 Å². The fraction of sp³-hybridized carbons (Fsp3) is 0.316. The first-order valence-corrected chi connectivity index (χ1v) is 8.98. The molecule has 1 aromatic carbocycles. The molecule has 6 heteroatoms. The van der Waals surface area contributed by atoms with Crippen LogP contribution in [0.2, 0.25) is 0 Å². The summed E-state index contributed by atoms with van der Waals surface area (Å²) >= 11 is 1.36. The molecule has 0 fully saturated rings. The molecule has 0 saturated carbocycles. The average Bonchev–Trinajstić information content (AvgIpc) is 2.91. The molecule has 5 nitrogen and oxygen atoms in total. The first-order chi connectivity index (χ1) is 11.9. The monoisotopic (exact) mass is 356 g/mol. The minimum Gasteiger partial charge on any atom is -0.481 e. The maximum absolute atomic E-state index is 12.9. The molecule has 1 atom stereocenters. The summed E-state index contributed by atoms with van der Waals surface area (Å²) in [5.41, 5.74) is 1.14. The van der Waals surface area contributed by atoms with Gasteiger partial charge in [0.05, 0.1) is 23.9 Å². The molecule has 3 aromatic rings. The Morgan fingerprint density at radius 1 is 1.20 bits per heavy atom. The summed E-state index contributed by atoms with van der Waals surface area (Å²) in [6, 6.07) is 8.35. The minimum absolute atomic E-state index is 0.0209. The van der Waals surface area contributed by atoms with Crippen LogP contribution in [0.25, 0.3) is 10.2 Å². The Bertz CT molecular complexity index is 973. The number of thiophene rings is 1. The van der Waals surface area contributed by atoms with Crippen LogP contribution in [0.15, 0.2) is 41.5 Å². The molecule has 0 N–H and O–H groups in total. The Balaban J connectivity index is 2.06. The highest BCUT2D eigenvalue weighted by Crippen LogP contribution is 2.34. The first-order valence-electron chi connectivity index (χ1n) is 8.16. The van der Waals surface area contributed by atoms with Gasteiger partial charge in [-0.25, -0.2) is 4.98 Å². The quantitative estimate of drug-likeness (QED) is 0.648. The minimum atomic E-state index is -0.624. The molecular formula is C19H20N2O3S. The highest BCUT2D eigenvalue weighted by molar-refractivity contribution is 7.20. The van der Waals surface area contributed by atoms with E-state index in [0.29, 0.717) is 20.8 Å². The number of nitrogens with zero attached hydrogens (tertiary/aromatic N) is 2. The maximum Gasteiger partial charge on any atom is 0.263 e. The number of aromatic nitrogens is 2. The van der Waals surface area contributed by atoms with Crippen LogP contribution < -0.4 is 10.3 Å². The van der Waals surface area contributed by atoms with Crippen molar-refractivity contribution in [3.8, 4) is 5.06 Å². The van der Waals surface area contributed by atoms with E-state index in [9.17, 15) is 9.59 Å². The third-order valence-electron chi connectivity index (χ3n) is 4.03. The molecule has 0 bridgehead atoms. The highest BCUT2D eigenvalue weighted by atomic mass is 32.1. The van der Waals surface area contributed by atoms with Crippen molar-refractivity contribution in [2.45, 2.75) is 39.8 Å². The summed E-state index contributed by atoms with van der Waals surface area (Å²) < 4.78 is 7.16. The van der Waals surface area contributed by atoms with Crippen LogP contribution in [0.4, 0.5) is 0 Å². The van der Waals surface area contributed by atoms with Crippen molar-refractivity contribution in [2.24, 2.45) is 0 Å². The number of hydrogen-bond donors (Lipinski definition) is 0. The lowest BCUT2D eigenvalue weighted by Gasteiger charge is -2.13. The van der Waals surface area contributed by atoms with Crippen LogP contribution in [0, 0.1) is 6.92 Å². The summed E-state index contributed by atoms with van der Waals surface area (Å²) in [7, 11) is 0. The number of rotatable bonds is 5. The molecule has 3 rings (SSSR count). The Morgan fingerprint density at radius 2 is 1.88 bits per heavy atom. The Labute approximate surface area is 149 Å². The molecule has 0 aliphatic heterocycles. The lowest BCUT2D eigenvalue weighted by molar-refractivity contribution is 0.0932. The average molecular weight is 356 g/mol. The summed E-state index contributed by atoms with van der Waals surface area (Å²) in [6.07, 6.45) is 1.47. The smallest absolute Gasteiger partial charge is 0.263 e. The van der Waals surface area contributed by atoms with Crippen LogP contribution in [-0.4, -0.2) is 21.4 Å². The highest BCUT2D eigenvalue weighted by Gasteiger charge is 2.22. The van der Waals surface area contributed by atoms with E-state index in [1.54, 1.807) is 19.1 Å². The number of carbonyl (C=O) groups excluding carboxylic acids is 1. The third-order valence-corrected chi connectivity index (χ3v) is 5.12. The molecule has 0 saturated heterocycles. The van der Waals surface area contributed by atoms with E-state index in [0.717, 1.165) is 5.56 Å². The van der Waals surface area contributed by atoms with E-state index >= 15 is 0 Å². The molecule has 0 aliphatic carbocycles. The zero-order valence-electron chi connectivity index (χ0n) is 14.6. The van der Waals surface area contributed by atoms with Crippen LogP contribution in [0.1, 0.15) is 42.7 Å². The van der Waals surface area contributed by atoms with E-state index in [1.165, 1.54) is 22.2 Å².